The summed E-state index contributed by atoms with van der Waals surface area (Å²) >= 11 is 0. The lowest BCUT2D eigenvalue weighted by Crippen LogP contribution is -2.55. The van der Waals surface area contributed by atoms with Gasteiger partial charge in [-0.1, -0.05) is 13.3 Å². The number of hydrogen-bond acceptors (Lipinski definition) is 3. The van der Waals surface area contributed by atoms with E-state index in [9.17, 15) is 4.79 Å². The summed E-state index contributed by atoms with van der Waals surface area (Å²) < 4.78 is 0. The Morgan fingerprint density at radius 3 is 2.75 bits per heavy atom. The van der Waals surface area contributed by atoms with Crippen molar-refractivity contribution in [2.75, 3.05) is 26.2 Å². The smallest absolute Gasteiger partial charge is 0.317 e. The van der Waals surface area contributed by atoms with Crippen LogP contribution in [-0.4, -0.2) is 58.2 Å². The highest BCUT2D eigenvalue weighted by molar-refractivity contribution is 5.74. The normalized spacial score (nSPS) is 30.0. The minimum Gasteiger partial charge on any atom is -0.332 e. The average Bonchev–Trinajstić information content (AvgIpc) is 3.36. The zero-order chi connectivity index (χ0) is 16.5. The van der Waals surface area contributed by atoms with Crippen molar-refractivity contribution in [2.24, 2.45) is 11.8 Å². The van der Waals surface area contributed by atoms with Gasteiger partial charge in [-0.05, 0) is 43.6 Å². The minimum atomic E-state index is 0.0511. The zero-order valence-electron chi connectivity index (χ0n) is 14.6. The second-order valence-corrected chi connectivity index (χ2v) is 7.66. The van der Waals surface area contributed by atoms with Crippen molar-refractivity contribution in [1.29, 1.82) is 0 Å². The van der Waals surface area contributed by atoms with Crippen molar-refractivity contribution < 1.29 is 4.79 Å². The summed E-state index contributed by atoms with van der Waals surface area (Å²) in [7, 11) is 0. The summed E-state index contributed by atoms with van der Waals surface area (Å²) in [4.78, 5) is 17.0. The van der Waals surface area contributed by atoms with Crippen LogP contribution in [0.2, 0.25) is 0 Å². The van der Waals surface area contributed by atoms with Crippen molar-refractivity contribution in [3.8, 4) is 0 Å². The summed E-state index contributed by atoms with van der Waals surface area (Å²) in [6.45, 7) is 6.37. The molecule has 6 nitrogen and oxygen atoms in total. The molecule has 2 aliphatic carbocycles. The molecular formula is C18H29N5O. The number of fused-ring (bicyclic) bond motifs is 2. The third kappa shape index (κ3) is 3.16. The van der Waals surface area contributed by atoms with Crippen LogP contribution >= 0.6 is 0 Å². The number of hydrogen-bond donors (Lipinski definition) is 2. The number of nitrogens with one attached hydrogen (secondary N) is 2. The number of aromatic amines is 1. The van der Waals surface area contributed by atoms with E-state index in [4.69, 9.17) is 0 Å². The van der Waals surface area contributed by atoms with E-state index in [0.29, 0.717) is 6.54 Å². The lowest BCUT2D eigenvalue weighted by Gasteiger charge is -2.40. The van der Waals surface area contributed by atoms with Crippen molar-refractivity contribution in [3.05, 3.63) is 17.5 Å². The molecule has 4 rings (SSSR count). The van der Waals surface area contributed by atoms with Crippen molar-refractivity contribution in [3.63, 3.8) is 0 Å². The molecule has 6 heteroatoms. The monoisotopic (exact) mass is 331 g/mol. The van der Waals surface area contributed by atoms with E-state index in [1.165, 1.54) is 25.7 Å². The fourth-order valence-corrected chi connectivity index (χ4v) is 4.88. The van der Waals surface area contributed by atoms with E-state index in [-0.39, 0.29) is 6.03 Å². The number of nitrogens with zero attached hydrogens (tertiary/aromatic N) is 3. The Kier molecular flexibility index (Phi) is 4.48. The number of urea groups is 1. The van der Waals surface area contributed by atoms with Gasteiger partial charge in [-0.3, -0.25) is 10.00 Å². The van der Waals surface area contributed by atoms with Gasteiger partial charge >= 0.3 is 6.03 Å². The Labute approximate surface area is 144 Å². The van der Waals surface area contributed by atoms with Gasteiger partial charge < -0.3 is 10.2 Å². The Morgan fingerprint density at radius 1 is 1.29 bits per heavy atom. The Morgan fingerprint density at radius 2 is 2.12 bits per heavy atom. The van der Waals surface area contributed by atoms with Gasteiger partial charge in [0.05, 0.1) is 17.9 Å². The highest BCUT2D eigenvalue weighted by atomic mass is 16.2. The molecule has 3 unspecified atom stereocenters. The second kappa shape index (κ2) is 6.75. The molecule has 2 N–H and O–H groups in total. The van der Waals surface area contributed by atoms with Gasteiger partial charge in [-0.25, -0.2) is 4.79 Å². The molecule has 132 valence electrons. The summed E-state index contributed by atoms with van der Waals surface area (Å²) in [5.74, 6) is 1.92. The largest absolute Gasteiger partial charge is 0.332 e. The van der Waals surface area contributed by atoms with Crippen LogP contribution in [0.5, 0.6) is 0 Å². The summed E-state index contributed by atoms with van der Waals surface area (Å²) in [5.41, 5.74) is 2.01. The molecule has 0 spiro atoms. The molecule has 2 saturated carbocycles. The SMILES string of the molecule is CCc1cc(CNC(=O)N2CCN(C3CC4CCC3C4)CC2)[nH]n1. The predicted molar refractivity (Wildman–Crippen MR) is 92.6 cm³/mol. The summed E-state index contributed by atoms with van der Waals surface area (Å²) in [5, 5.41) is 10.2. The highest BCUT2D eigenvalue weighted by Crippen LogP contribution is 2.46. The predicted octanol–water partition coefficient (Wildman–Crippen LogP) is 1.99. The van der Waals surface area contributed by atoms with Gasteiger partial charge in [-0.2, -0.15) is 5.10 Å². The molecule has 2 heterocycles. The lowest BCUT2D eigenvalue weighted by molar-refractivity contribution is 0.0826. The molecule has 1 aromatic rings. The number of piperazine rings is 1. The topological polar surface area (TPSA) is 64.3 Å². The first kappa shape index (κ1) is 15.9. The van der Waals surface area contributed by atoms with E-state index >= 15 is 0 Å². The van der Waals surface area contributed by atoms with Crippen LogP contribution in [0.25, 0.3) is 0 Å². The summed E-state index contributed by atoms with van der Waals surface area (Å²) in [6, 6.07) is 2.87. The van der Waals surface area contributed by atoms with E-state index < -0.39 is 0 Å². The first-order chi connectivity index (χ1) is 11.7. The average molecular weight is 331 g/mol. The number of carbonyl (C=O) groups excluding carboxylic acids is 1. The number of amides is 2. The molecule has 3 aliphatic rings. The van der Waals surface area contributed by atoms with E-state index in [0.717, 1.165) is 61.9 Å². The van der Waals surface area contributed by atoms with Gasteiger partial charge in [0.25, 0.3) is 0 Å². The van der Waals surface area contributed by atoms with Crippen LogP contribution in [0.4, 0.5) is 4.79 Å². The van der Waals surface area contributed by atoms with Crippen molar-refractivity contribution >= 4 is 6.03 Å². The molecule has 1 saturated heterocycles. The van der Waals surface area contributed by atoms with Crippen LogP contribution in [-0.2, 0) is 13.0 Å². The quantitative estimate of drug-likeness (QED) is 0.887. The third-order valence-corrected chi connectivity index (χ3v) is 6.25. The van der Waals surface area contributed by atoms with Gasteiger partial charge in [0.15, 0.2) is 0 Å². The molecule has 2 bridgehead atoms. The Bertz CT molecular complexity index is 578. The molecule has 24 heavy (non-hydrogen) atoms. The highest BCUT2D eigenvalue weighted by Gasteiger charge is 2.42. The molecule has 0 radical (unpaired) electrons. The van der Waals surface area contributed by atoms with Crippen LogP contribution in [0.15, 0.2) is 6.07 Å². The molecule has 0 aromatic carbocycles. The fourth-order valence-electron chi connectivity index (χ4n) is 4.88. The van der Waals surface area contributed by atoms with E-state index in [1.807, 2.05) is 11.0 Å². The molecule has 3 fully saturated rings. The van der Waals surface area contributed by atoms with Gasteiger partial charge in [0.1, 0.15) is 0 Å². The van der Waals surface area contributed by atoms with E-state index in [2.05, 4.69) is 27.3 Å². The van der Waals surface area contributed by atoms with Crippen LogP contribution in [0.3, 0.4) is 0 Å². The zero-order valence-corrected chi connectivity index (χ0v) is 14.6. The number of H-pyrrole nitrogens is 1. The standard InChI is InChI=1S/C18H29N5O/c1-2-15-11-16(21-20-15)12-19-18(24)23-7-5-22(6-8-23)17-10-13-3-4-14(17)9-13/h11,13-14,17H,2-10,12H2,1H3,(H,19,24)(H,20,21). The number of aryl methyl sites for hydroxylation is 1. The first-order valence-electron chi connectivity index (χ1n) is 9.53. The lowest BCUT2D eigenvalue weighted by atomic mass is 9.93. The Balaban J connectivity index is 1.22. The molecule has 2 amide bonds. The Hall–Kier alpha value is -1.56. The van der Waals surface area contributed by atoms with Crippen molar-refractivity contribution in [1.82, 2.24) is 25.3 Å². The minimum absolute atomic E-state index is 0.0511. The van der Waals surface area contributed by atoms with E-state index in [1.54, 1.807) is 0 Å². The third-order valence-electron chi connectivity index (χ3n) is 6.25. The maximum Gasteiger partial charge on any atom is 0.317 e. The van der Waals surface area contributed by atoms with Gasteiger partial charge in [-0.15, -0.1) is 0 Å². The van der Waals surface area contributed by atoms with Crippen LogP contribution in [0.1, 0.15) is 44.0 Å². The van der Waals surface area contributed by atoms with Gasteiger partial charge in [0.2, 0.25) is 0 Å². The van der Waals surface area contributed by atoms with Crippen molar-refractivity contribution in [2.45, 2.75) is 51.6 Å². The molecule has 1 aliphatic heterocycles. The molecule has 3 atom stereocenters. The maximum atomic E-state index is 12.4. The number of rotatable bonds is 4. The second-order valence-electron chi connectivity index (χ2n) is 7.66. The first-order valence-corrected chi connectivity index (χ1v) is 9.53. The molecular weight excluding hydrogens is 302 g/mol. The maximum absolute atomic E-state index is 12.4. The fraction of sp³-hybridized carbons (Fsp3) is 0.778. The van der Waals surface area contributed by atoms with Gasteiger partial charge in [0, 0.05) is 32.2 Å². The number of aromatic nitrogens is 2. The van der Waals surface area contributed by atoms with Crippen LogP contribution in [0, 0.1) is 11.8 Å². The molecule has 1 aromatic heterocycles. The number of carbonyl (C=O) groups is 1. The summed E-state index contributed by atoms with van der Waals surface area (Å²) in [6.07, 6.45) is 6.65. The van der Waals surface area contributed by atoms with Crippen LogP contribution < -0.4 is 5.32 Å².